The minimum Gasteiger partial charge on any atom is -0.295 e. The molecule has 0 N–H and O–H groups in total. The molecule has 156 valence electrons. The largest absolute Gasteiger partial charge is 0.295 e. The summed E-state index contributed by atoms with van der Waals surface area (Å²) in [6, 6.07) is 26.9. The average molecular weight is 423 g/mol. The van der Waals surface area contributed by atoms with Crippen LogP contribution in [-0.2, 0) is 12.8 Å². The second-order valence-electron chi connectivity index (χ2n) is 9.59. The predicted molar refractivity (Wildman–Crippen MR) is 136 cm³/mol. The van der Waals surface area contributed by atoms with Gasteiger partial charge in [0.15, 0.2) is 0 Å². The van der Waals surface area contributed by atoms with E-state index in [-0.39, 0.29) is 0 Å². The van der Waals surface area contributed by atoms with Gasteiger partial charge in [-0.3, -0.25) is 4.40 Å². The van der Waals surface area contributed by atoms with Crippen LogP contribution in [0, 0.1) is 13.8 Å². The summed E-state index contributed by atoms with van der Waals surface area (Å²) in [7, 11) is 0. The minimum atomic E-state index is 0.994. The Morgan fingerprint density at radius 3 is 2.03 bits per heavy atom. The van der Waals surface area contributed by atoms with Gasteiger partial charge in [-0.25, -0.2) is 4.98 Å². The number of benzene rings is 4. The maximum Gasteiger partial charge on any atom is 0.145 e. The molecule has 0 saturated heterocycles. The number of imidazole rings is 1. The first-order chi connectivity index (χ1) is 16.2. The predicted octanol–water partition coefficient (Wildman–Crippen LogP) is 7.40. The first-order valence-electron chi connectivity index (χ1n) is 11.8. The number of aromatic nitrogens is 2. The molecule has 0 spiro atoms. The SMILES string of the molecule is Cc1nc2c3ccccc3c3c4c(c5c(c3n2c1C)-c1ccccc1C5)-c1ccccc1C4. The van der Waals surface area contributed by atoms with Crippen molar-refractivity contribution in [3.8, 4) is 22.3 Å². The number of hydrogen-bond donors (Lipinski definition) is 0. The van der Waals surface area contributed by atoms with E-state index in [4.69, 9.17) is 4.98 Å². The van der Waals surface area contributed by atoms with Gasteiger partial charge in [0.1, 0.15) is 5.65 Å². The summed E-state index contributed by atoms with van der Waals surface area (Å²) in [5.74, 6) is 0. The van der Waals surface area contributed by atoms with Gasteiger partial charge in [0.05, 0.1) is 11.2 Å². The van der Waals surface area contributed by atoms with E-state index >= 15 is 0 Å². The van der Waals surface area contributed by atoms with E-state index in [9.17, 15) is 0 Å². The molecule has 2 heteroatoms. The van der Waals surface area contributed by atoms with Crippen LogP contribution in [0.2, 0.25) is 0 Å². The van der Waals surface area contributed by atoms with Crippen molar-refractivity contribution in [1.29, 1.82) is 0 Å². The number of nitrogens with zero attached hydrogens (tertiary/aromatic N) is 2. The van der Waals surface area contributed by atoms with E-state index in [1.807, 2.05) is 0 Å². The Morgan fingerprint density at radius 1 is 0.667 bits per heavy atom. The molecule has 0 saturated carbocycles. The van der Waals surface area contributed by atoms with Gasteiger partial charge in [-0.05, 0) is 71.0 Å². The van der Waals surface area contributed by atoms with Crippen LogP contribution >= 0.6 is 0 Å². The standard InChI is InChI=1S/C31H22N2/c1-17-18(2)33-30-28-22-12-6-4-10-20(22)16-25(28)27-21-11-5-3-9-19(21)15-26(27)29(30)23-13-7-8-14-24(23)31(33)32-17/h3-14H,15-16H2,1-2H3. The molecule has 2 aromatic heterocycles. The number of rotatable bonds is 0. The van der Waals surface area contributed by atoms with Crippen LogP contribution in [0.3, 0.4) is 0 Å². The molecule has 0 aliphatic heterocycles. The van der Waals surface area contributed by atoms with Crippen molar-refractivity contribution in [2.24, 2.45) is 0 Å². The lowest BCUT2D eigenvalue weighted by Crippen LogP contribution is -2.01. The first kappa shape index (κ1) is 17.6. The van der Waals surface area contributed by atoms with Crippen LogP contribution in [0.4, 0.5) is 0 Å². The van der Waals surface area contributed by atoms with E-state index in [0.717, 1.165) is 24.2 Å². The summed E-state index contributed by atoms with van der Waals surface area (Å²) >= 11 is 0. The van der Waals surface area contributed by atoms with Crippen LogP contribution in [-0.4, -0.2) is 9.38 Å². The zero-order valence-electron chi connectivity index (χ0n) is 18.7. The Kier molecular flexibility index (Phi) is 3.15. The molecule has 4 aromatic carbocycles. The second kappa shape index (κ2) is 5.90. The summed E-state index contributed by atoms with van der Waals surface area (Å²) in [6.45, 7) is 4.36. The van der Waals surface area contributed by atoms with Crippen LogP contribution in [0.1, 0.15) is 33.6 Å². The normalized spacial score (nSPS) is 13.5. The molecule has 2 nitrogen and oxygen atoms in total. The first-order valence-corrected chi connectivity index (χ1v) is 11.8. The van der Waals surface area contributed by atoms with Gasteiger partial charge in [0.2, 0.25) is 0 Å². The summed E-state index contributed by atoms with van der Waals surface area (Å²) in [4.78, 5) is 5.07. The Labute approximate surface area is 192 Å². The third-order valence-corrected chi connectivity index (χ3v) is 7.99. The molecule has 0 bridgehead atoms. The fourth-order valence-electron chi connectivity index (χ4n) is 6.50. The fourth-order valence-corrected chi connectivity index (χ4v) is 6.50. The zero-order valence-corrected chi connectivity index (χ0v) is 18.7. The Hall–Kier alpha value is -3.91. The maximum atomic E-state index is 5.07. The fraction of sp³-hybridized carbons (Fsp3) is 0.129. The molecule has 33 heavy (non-hydrogen) atoms. The lowest BCUT2D eigenvalue weighted by atomic mass is 9.89. The molecule has 0 radical (unpaired) electrons. The van der Waals surface area contributed by atoms with Gasteiger partial charge in [-0.1, -0.05) is 72.8 Å². The quantitative estimate of drug-likeness (QED) is 0.233. The van der Waals surface area contributed by atoms with Crippen LogP contribution in [0.15, 0.2) is 72.8 Å². The molecule has 2 aliphatic carbocycles. The molecule has 0 atom stereocenters. The third kappa shape index (κ3) is 2.03. The zero-order chi connectivity index (χ0) is 21.8. The van der Waals surface area contributed by atoms with Crippen molar-refractivity contribution >= 4 is 27.3 Å². The topological polar surface area (TPSA) is 17.3 Å². The highest BCUT2D eigenvalue weighted by Gasteiger charge is 2.33. The maximum absolute atomic E-state index is 5.07. The van der Waals surface area contributed by atoms with E-state index in [1.54, 1.807) is 0 Å². The second-order valence-corrected chi connectivity index (χ2v) is 9.59. The molecule has 0 fully saturated rings. The number of hydrogen-bond acceptors (Lipinski definition) is 1. The van der Waals surface area contributed by atoms with Crippen molar-refractivity contribution in [3.63, 3.8) is 0 Å². The van der Waals surface area contributed by atoms with Gasteiger partial charge in [0.25, 0.3) is 0 Å². The van der Waals surface area contributed by atoms with E-state index in [1.165, 1.54) is 71.9 Å². The van der Waals surface area contributed by atoms with Crippen molar-refractivity contribution in [2.75, 3.05) is 0 Å². The Morgan fingerprint density at radius 2 is 1.27 bits per heavy atom. The number of fused-ring (bicyclic) bond motifs is 15. The number of aryl methyl sites for hydroxylation is 2. The van der Waals surface area contributed by atoms with Crippen molar-refractivity contribution in [1.82, 2.24) is 9.38 Å². The van der Waals surface area contributed by atoms with Crippen molar-refractivity contribution in [3.05, 3.63) is 106 Å². The summed E-state index contributed by atoms with van der Waals surface area (Å²) < 4.78 is 2.46. The highest BCUT2D eigenvalue weighted by molar-refractivity contribution is 6.20. The van der Waals surface area contributed by atoms with Gasteiger partial charge in [-0.15, -0.1) is 0 Å². The summed E-state index contributed by atoms with van der Waals surface area (Å²) in [5, 5.41) is 3.96. The lowest BCUT2D eigenvalue weighted by Gasteiger charge is -2.19. The molecule has 0 unspecified atom stereocenters. The van der Waals surface area contributed by atoms with E-state index in [0.29, 0.717) is 0 Å². The summed E-state index contributed by atoms with van der Waals surface area (Å²) in [6.07, 6.45) is 1.99. The van der Waals surface area contributed by atoms with Gasteiger partial charge >= 0.3 is 0 Å². The Balaban J connectivity index is 1.73. The molecular formula is C31H22N2. The highest BCUT2D eigenvalue weighted by atomic mass is 15.0. The molecule has 2 aliphatic rings. The summed E-state index contributed by atoms with van der Waals surface area (Å²) in [5.41, 5.74) is 16.3. The minimum absolute atomic E-state index is 0.994. The van der Waals surface area contributed by atoms with Gasteiger partial charge < -0.3 is 0 Å². The molecular weight excluding hydrogens is 400 g/mol. The Bertz CT molecular complexity index is 1830. The third-order valence-electron chi connectivity index (χ3n) is 7.99. The van der Waals surface area contributed by atoms with Crippen molar-refractivity contribution < 1.29 is 0 Å². The molecule has 6 aromatic rings. The van der Waals surface area contributed by atoms with Crippen molar-refractivity contribution in [2.45, 2.75) is 26.7 Å². The average Bonchev–Trinajstić information content (AvgIpc) is 3.50. The molecule has 8 rings (SSSR count). The van der Waals surface area contributed by atoms with E-state index < -0.39 is 0 Å². The van der Waals surface area contributed by atoms with E-state index in [2.05, 4.69) is 91.0 Å². The van der Waals surface area contributed by atoms with Gasteiger partial charge in [-0.2, -0.15) is 0 Å². The van der Waals surface area contributed by atoms with Crippen LogP contribution < -0.4 is 0 Å². The monoisotopic (exact) mass is 422 g/mol. The number of pyridine rings is 1. The smallest absolute Gasteiger partial charge is 0.145 e. The van der Waals surface area contributed by atoms with Gasteiger partial charge in [0, 0.05) is 22.0 Å². The highest BCUT2D eigenvalue weighted by Crippen LogP contribution is 2.53. The lowest BCUT2D eigenvalue weighted by molar-refractivity contribution is 1.14. The molecule has 2 heterocycles. The van der Waals surface area contributed by atoms with Crippen LogP contribution in [0.5, 0.6) is 0 Å². The van der Waals surface area contributed by atoms with Crippen LogP contribution in [0.25, 0.3) is 49.6 Å². The molecule has 0 amide bonds.